The van der Waals surface area contributed by atoms with E-state index in [1.807, 2.05) is 24.8 Å². The summed E-state index contributed by atoms with van der Waals surface area (Å²) < 4.78 is 18.6. The molecule has 1 unspecified atom stereocenters. The average Bonchev–Trinajstić information content (AvgIpc) is 2.51. The fraction of sp³-hybridized carbons (Fsp3) is 0.562. The van der Waals surface area contributed by atoms with E-state index in [1.165, 1.54) is 13.2 Å². The molecule has 0 radical (unpaired) electrons. The maximum atomic E-state index is 13.8. The molecular weight excluding hydrogens is 271 g/mol. The van der Waals surface area contributed by atoms with Crippen molar-refractivity contribution in [1.82, 2.24) is 5.32 Å². The lowest BCUT2D eigenvalue weighted by atomic mass is 10.1. The molecule has 0 fully saturated rings. The summed E-state index contributed by atoms with van der Waals surface area (Å²) in [5.41, 5.74) is 0.569. The van der Waals surface area contributed by atoms with E-state index in [0.29, 0.717) is 25.2 Å². The second-order valence-corrected chi connectivity index (χ2v) is 4.85. The van der Waals surface area contributed by atoms with Crippen molar-refractivity contribution in [3.63, 3.8) is 0 Å². The molecule has 0 saturated heterocycles. The molecule has 5 heteroatoms. The van der Waals surface area contributed by atoms with Crippen LogP contribution < -0.4 is 10.2 Å². The van der Waals surface area contributed by atoms with Crippen LogP contribution in [-0.4, -0.2) is 38.8 Å². The highest BCUT2D eigenvalue weighted by molar-refractivity contribution is 5.75. The van der Waals surface area contributed by atoms with E-state index < -0.39 is 0 Å². The lowest BCUT2D eigenvalue weighted by Gasteiger charge is -2.26. The Morgan fingerprint density at radius 3 is 2.67 bits per heavy atom. The SMILES string of the molecule is CCCNC(CCN(CC)c1ccccc1F)C(=O)OC. The largest absolute Gasteiger partial charge is 0.468 e. The Labute approximate surface area is 126 Å². The summed E-state index contributed by atoms with van der Waals surface area (Å²) in [6.45, 7) is 6.04. The first kappa shape index (κ1) is 17.4. The lowest BCUT2D eigenvalue weighted by Crippen LogP contribution is -2.41. The van der Waals surface area contributed by atoms with Gasteiger partial charge < -0.3 is 15.0 Å². The number of carbonyl (C=O) groups excluding carboxylic acids is 1. The van der Waals surface area contributed by atoms with E-state index in [1.54, 1.807) is 12.1 Å². The fourth-order valence-electron chi connectivity index (χ4n) is 2.21. The third kappa shape index (κ3) is 5.34. The van der Waals surface area contributed by atoms with Crippen molar-refractivity contribution < 1.29 is 13.9 Å². The van der Waals surface area contributed by atoms with Gasteiger partial charge in [0.05, 0.1) is 12.8 Å². The van der Waals surface area contributed by atoms with Crippen molar-refractivity contribution in [2.75, 3.05) is 31.6 Å². The van der Waals surface area contributed by atoms with Crippen molar-refractivity contribution in [3.8, 4) is 0 Å². The first-order valence-electron chi connectivity index (χ1n) is 7.44. The van der Waals surface area contributed by atoms with Gasteiger partial charge in [-0.1, -0.05) is 19.1 Å². The van der Waals surface area contributed by atoms with Gasteiger partial charge in [-0.3, -0.25) is 4.79 Å². The molecule has 0 aliphatic carbocycles. The number of benzene rings is 1. The monoisotopic (exact) mass is 296 g/mol. The van der Waals surface area contributed by atoms with E-state index >= 15 is 0 Å². The topological polar surface area (TPSA) is 41.6 Å². The summed E-state index contributed by atoms with van der Waals surface area (Å²) in [4.78, 5) is 13.7. The highest BCUT2D eigenvalue weighted by atomic mass is 19.1. The zero-order chi connectivity index (χ0) is 15.7. The van der Waals surface area contributed by atoms with E-state index in [9.17, 15) is 9.18 Å². The van der Waals surface area contributed by atoms with Gasteiger partial charge in [0.2, 0.25) is 0 Å². The minimum absolute atomic E-state index is 0.240. The van der Waals surface area contributed by atoms with Gasteiger partial charge in [-0.05, 0) is 38.4 Å². The molecule has 0 aromatic heterocycles. The molecule has 0 spiro atoms. The number of nitrogens with zero attached hydrogens (tertiary/aromatic N) is 1. The summed E-state index contributed by atoms with van der Waals surface area (Å²) >= 11 is 0. The molecule has 0 bridgehead atoms. The number of anilines is 1. The van der Waals surface area contributed by atoms with Crippen LogP contribution >= 0.6 is 0 Å². The number of para-hydroxylation sites is 1. The van der Waals surface area contributed by atoms with Crippen LogP contribution in [0.5, 0.6) is 0 Å². The lowest BCUT2D eigenvalue weighted by molar-refractivity contribution is -0.143. The van der Waals surface area contributed by atoms with Crippen molar-refractivity contribution in [1.29, 1.82) is 0 Å². The van der Waals surface area contributed by atoms with Gasteiger partial charge in [0, 0.05) is 13.1 Å². The van der Waals surface area contributed by atoms with Gasteiger partial charge in [-0.25, -0.2) is 4.39 Å². The predicted octanol–water partition coefficient (Wildman–Crippen LogP) is 2.58. The Kier molecular flexibility index (Phi) is 7.75. The van der Waals surface area contributed by atoms with E-state index in [4.69, 9.17) is 4.74 Å². The number of ether oxygens (including phenoxy) is 1. The Bertz CT molecular complexity index is 440. The van der Waals surface area contributed by atoms with Crippen LogP contribution in [0.4, 0.5) is 10.1 Å². The molecule has 0 aliphatic heterocycles. The molecule has 1 rings (SSSR count). The molecule has 0 saturated carbocycles. The van der Waals surface area contributed by atoms with Crippen LogP contribution in [0.2, 0.25) is 0 Å². The number of hydrogen-bond donors (Lipinski definition) is 1. The van der Waals surface area contributed by atoms with Crippen molar-refractivity contribution in [3.05, 3.63) is 30.1 Å². The van der Waals surface area contributed by atoms with Crippen molar-refractivity contribution in [2.45, 2.75) is 32.7 Å². The van der Waals surface area contributed by atoms with Crippen molar-refractivity contribution >= 4 is 11.7 Å². The van der Waals surface area contributed by atoms with Crippen LogP contribution in [0.15, 0.2) is 24.3 Å². The van der Waals surface area contributed by atoms with Crippen LogP contribution in [0.1, 0.15) is 26.7 Å². The zero-order valence-corrected chi connectivity index (χ0v) is 13.1. The van der Waals surface area contributed by atoms with Gasteiger partial charge in [-0.15, -0.1) is 0 Å². The van der Waals surface area contributed by atoms with E-state index in [0.717, 1.165) is 13.0 Å². The molecule has 1 atom stereocenters. The Morgan fingerprint density at radius 2 is 2.10 bits per heavy atom. The molecule has 0 heterocycles. The molecule has 21 heavy (non-hydrogen) atoms. The van der Waals surface area contributed by atoms with Crippen LogP contribution in [0.3, 0.4) is 0 Å². The normalized spacial score (nSPS) is 12.0. The first-order chi connectivity index (χ1) is 10.1. The highest BCUT2D eigenvalue weighted by Gasteiger charge is 2.19. The second-order valence-electron chi connectivity index (χ2n) is 4.85. The Balaban J connectivity index is 2.67. The molecule has 1 N–H and O–H groups in total. The molecule has 0 amide bonds. The van der Waals surface area contributed by atoms with Crippen LogP contribution in [-0.2, 0) is 9.53 Å². The maximum Gasteiger partial charge on any atom is 0.322 e. The number of rotatable bonds is 9. The van der Waals surface area contributed by atoms with Gasteiger partial charge >= 0.3 is 5.97 Å². The average molecular weight is 296 g/mol. The second kappa shape index (κ2) is 9.34. The summed E-state index contributed by atoms with van der Waals surface area (Å²) in [6.07, 6.45) is 1.52. The quantitative estimate of drug-likeness (QED) is 0.711. The minimum Gasteiger partial charge on any atom is -0.468 e. The number of halogens is 1. The van der Waals surface area contributed by atoms with E-state index in [2.05, 4.69) is 5.32 Å². The molecule has 118 valence electrons. The fourth-order valence-corrected chi connectivity index (χ4v) is 2.21. The molecule has 4 nitrogen and oxygen atoms in total. The highest BCUT2D eigenvalue weighted by Crippen LogP contribution is 2.18. The van der Waals surface area contributed by atoms with Crippen LogP contribution in [0, 0.1) is 5.82 Å². The summed E-state index contributed by atoms with van der Waals surface area (Å²) in [7, 11) is 1.39. The maximum absolute atomic E-state index is 13.8. The van der Waals surface area contributed by atoms with E-state index in [-0.39, 0.29) is 17.8 Å². The smallest absolute Gasteiger partial charge is 0.322 e. The van der Waals surface area contributed by atoms with Gasteiger partial charge in [0.1, 0.15) is 11.9 Å². The standard InChI is InChI=1S/C16H25FN2O2/c1-4-11-18-14(16(20)21-3)10-12-19(5-2)15-9-7-6-8-13(15)17/h6-9,14,18H,4-5,10-12H2,1-3H3. The third-order valence-corrected chi connectivity index (χ3v) is 3.39. The number of hydrogen-bond acceptors (Lipinski definition) is 4. The molecular formula is C16H25FN2O2. The first-order valence-corrected chi connectivity index (χ1v) is 7.44. The number of esters is 1. The minimum atomic E-state index is -0.351. The summed E-state index contributed by atoms with van der Waals surface area (Å²) in [5, 5.41) is 3.17. The predicted molar refractivity (Wildman–Crippen MR) is 83.0 cm³/mol. The van der Waals surface area contributed by atoms with Gasteiger partial charge in [0.15, 0.2) is 0 Å². The Hall–Kier alpha value is -1.62. The van der Waals surface area contributed by atoms with Gasteiger partial charge in [-0.2, -0.15) is 0 Å². The number of nitrogens with one attached hydrogen (secondary N) is 1. The summed E-state index contributed by atoms with van der Waals surface area (Å²) in [6, 6.07) is 6.34. The summed E-state index contributed by atoms with van der Waals surface area (Å²) in [5.74, 6) is -0.511. The third-order valence-electron chi connectivity index (χ3n) is 3.39. The molecule has 1 aromatic carbocycles. The molecule has 0 aliphatic rings. The Morgan fingerprint density at radius 1 is 1.38 bits per heavy atom. The van der Waals surface area contributed by atoms with Crippen molar-refractivity contribution in [2.24, 2.45) is 0 Å². The van der Waals surface area contributed by atoms with Crippen LogP contribution in [0.25, 0.3) is 0 Å². The number of methoxy groups -OCH3 is 1. The zero-order valence-electron chi connectivity index (χ0n) is 13.1. The molecule has 1 aromatic rings. The van der Waals surface area contributed by atoms with Gasteiger partial charge in [0.25, 0.3) is 0 Å². The number of carbonyl (C=O) groups is 1.